The molecule has 286 valence electrons. The Bertz CT molecular complexity index is 3270. The van der Waals surface area contributed by atoms with Crippen molar-refractivity contribution < 1.29 is 62.0 Å². The van der Waals surface area contributed by atoms with Crippen molar-refractivity contribution >= 4 is 74.2 Å². The van der Waals surface area contributed by atoms with E-state index < -0.39 is 93.2 Å². The lowest BCUT2D eigenvalue weighted by atomic mass is 9.83. The van der Waals surface area contributed by atoms with Gasteiger partial charge in [-0.1, -0.05) is 30.3 Å². The van der Waals surface area contributed by atoms with Crippen molar-refractivity contribution in [2.75, 3.05) is 5.32 Å². The number of hydrogen-bond donors (Lipinski definition) is 5. The van der Waals surface area contributed by atoms with Crippen LogP contribution in [-0.4, -0.2) is 68.8 Å². The number of carboxylic acids is 1. The molecule has 1 aromatic heterocycles. The summed E-state index contributed by atoms with van der Waals surface area (Å²) >= 11 is 0. The molecular weight excluding hydrogens is 817 g/mol. The third-order valence-corrected chi connectivity index (χ3v) is 13.2. The minimum Gasteiger partial charge on any atom is -0.478 e. The van der Waals surface area contributed by atoms with Crippen LogP contribution in [-0.2, 0) is 40.2 Å². The number of ketones is 1. The first-order chi connectivity index (χ1) is 26.1. The Labute approximate surface area is 316 Å². The topological polar surface area (TPSA) is 286 Å². The molecule has 17 nitrogen and oxygen atoms in total. The van der Waals surface area contributed by atoms with Gasteiger partial charge in [0.05, 0.1) is 42.7 Å². The van der Waals surface area contributed by atoms with E-state index in [-0.39, 0.29) is 44.5 Å². The molecule has 0 fully saturated rings. The van der Waals surface area contributed by atoms with Gasteiger partial charge in [0.25, 0.3) is 35.9 Å². The van der Waals surface area contributed by atoms with Gasteiger partial charge in [0.15, 0.2) is 5.78 Å². The van der Waals surface area contributed by atoms with Gasteiger partial charge in [-0.2, -0.15) is 25.3 Å². The summed E-state index contributed by atoms with van der Waals surface area (Å²) in [6.45, 7) is 0. The van der Waals surface area contributed by atoms with E-state index in [1.165, 1.54) is 36.4 Å². The van der Waals surface area contributed by atoms with Crippen molar-refractivity contribution in [1.82, 2.24) is 4.57 Å². The Morgan fingerprint density at radius 3 is 1.80 bits per heavy atom. The monoisotopic (exact) mass is 838 g/mol. The highest BCUT2D eigenvalue weighted by Crippen LogP contribution is 2.46. The van der Waals surface area contributed by atoms with Crippen LogP contribution >= 0.6 is 0 Å². The van der Waals surface area contributed by atoms with E-state index in [0.717, 1.165) is 59.2 Å². The second-order valence-corrected chi connectivity index (χ2v) is 18.3. The number of carbonyl (C=O) groups excluding carboxylic acids is 1. The molecule has 5 N–H and O–H groups in total. The molecule has 1 heterocycles. The van der Waals surface area contributed by atoms with Crippen LogP contribution in [0.25, 0.3) is 27.7 Å². The van der Waals surface area contributed by atoms with E-state index in [2.05, 4.69) is 5.32 Å². The molecule has 0 spiro atoms. The van der Waals surface area contributed by atoms with Crippen LogP contribution in [0.3, 0.4) is 0 Å². The zero-order chi connectivity index (χ0) is 40.7. The fraction of sp³-hybridized carbons (Fsp3) is 0. The van der Waals surface area contributed by atoms with Crippen LogP contribution in [0.15, 0.2) is 132 Å². The molecule has 0 amide bonds. The zero-order valence-corrected chi connectivity index (χ0v) is 30.9. The fourth-order valence-corrected chi connectivity index (χ4v) is 9.73. The molecule has 0 unspecified atom stereocenters. The van der Waals surface area contributed by atoms with Crippen LogP contribution in [0.2, 0.25) is 0 Å². The van der Waals surface area contributed by atoms with Crippen LogP contribution < -0.4 is 10.9 Å². The Morgan fingerprint density at radius 2 is 1.20 bits per heavy atom. The first kappa shape index (κ1) is 38.2. The number of carbonyl (C=O) groups is 2. The first-order valence-electron chi connectivity index (χ1n) is 15.5. The molecule has 5 aromatic carbocycles. The van der Waals surface area contributed by atoms with E-state index >= 15 is 0 Å². The van der Waals surface area contributed by atoms with Crippen LogP contribution in [0.5, 0.6) is 0 Å². The number of hydrogen-bond acceptors (Lipinski definition) is 12. The average molecular weight is 839 g/mol. The number of sulfone groups is 1. The highest BCUT2D eigenvalue weighted by Gasteiger charge is 2.38. The van der Waals surface area contributed by atoms with Crippen molar-refractivity contribution in [3.8, 4) is 16.8 Å². The van der Waals surface area contributed by atoms with E-state index in [9.17, 15) is 66.8 Å². The Hall–Kier alpha value is -6.07. The van der Waals surface area contributed by atoms with Gasteiger partial charge in [0.2, 0.25) is 9.84 Å². The molecule has 0 saturated heterocycles. The Kier molecular flexibility index (Phi) is 8.88. The summed E-state index contributed by atoms with van der Waals surface area (Å²) in [5, 5.41) is 11.9. The van der Waals surface area contributed by atoms with Crippen molar-refractivity contribution in [2.45, 2.75) is 24.5 Å². The maximum Gasteiger partial charge on any atom is 0.335 e. The normalized spacial score (nSPS) is 13.0. The largest absolute Gasteiger partial charge is 0.478 e. The van der Waals surface area contributed by atoms with Gasteiger partial charge >= 0.3 is 5.97 Å². The number of rotatable bonds is 9. The predicted octanol–water partition coefficient (Wildman–Crippen LogP) is 4.22. The number of fused-ring (bicyclic) bond motifs is 2. The molecule has 1 aliphatic carbocycles. The lowest BCUT2D eigenvalue weighted by Gasteiger charge is -2.27. The van der Waals surface area contributed by atoms with Gasteiger partial charge in [-0.25, -0.2) is 13.2 Å². The van der Waals surface area contributed by atoms with E-state index in [4.69, 9.17) is 0 Å². The second kappa shape index (κ2) is 13.0. The lowest BCUT2D eigenvalue weighted by molar-refractivity contribution is 0.0696. The molecule has 21 heteroatoms. The molecule has 0 aliphatic heterocycles. The van der Waals surface area contributed by atoms with Crippen molar-refractivity contribution in [3.05, 3.63) is 130 Å². The van der Waals surface area contributed by atoms with Gasteiger partial charge in [0.1, 0.15) is 9.79 Å². The maximum atomic E-state index is 14.8. The van der Waals surface area contributed by atoms with Crippen molar-refractivity contribution in [1.29, 1.82) is 0 Å². The van der Waals surface area contributed by atoms with Gasteiger partial charge < -0.3 is 10.4 Å². The molecule has 7 rings (SSSR count). The summed E-state index contributed by atoms with van der Waals surface area (Å²) in [6.07, 6.45) is 0. The summed E-state index contributed by atoms with van der Waals surface area (Å²) < 4.78 is 132. The number of aromatic nitrogens is 1. The zero-order valence-electron chi connectivity index (χ0n) is 27.7. The summed E-state index contributed by atoms with van der Waals surface area (Å²) in [7, 11) is -20.0. The molecule has 0 atom stereocenters. The molecular formula is C35H22N2O15S4. The number of anilines is 2. The molecule has 1 aliphatic rings. The average Bonchev–Trinajstić information content (AvgIpc) is 3.13. The molecule has 6 aromatic rings. The standard InChI is InChI=1S/C35H22N2O15S4/c38-32-24-7-2-1-6-23(24)29-31-27(15-14-26(30(31)32)36-25-13-8-18(35(40)41)16-28(25)56(50,51)52)37(19-9-11-20(12-10-19)54(44,45)46)34(39)33(29)53(42,43)21-4-3-5-22(17-21)55(47,48)49/h1-17,36H,(H,40,41)(H,44,45,46)(H,47,48,49)(H,50,51,52). The number of carboxylic acid groups (broad SMARTS) is 1. The third kappa shape index (κ3) is 6.35. The van der Waals surface area contributed by atoms with Crippen LogP contribution in [0, 0.1) is 0 Å². The van der Waals surface area contributed by atoms with Gasteiger partial charge in [-0.05, 0) is 78.4 Å². The summed E-state index contributed by atoms with van der Waals surface area (Å²) in [5.74, 6) is -2.31. The van der Waals surface area contributed by atoms with Crippen LogP contribution in [0.4, 0.5) is 11.4 Å². The van der Waals surface area contributed by atoms with Crippen molar-refractivity contribution in [3.63, 3.8) is 0 Å². The van der Waals surface area contributed by atoms with E-state index in [1.54, 1.807) is 0 Å². The fourth-order valence-electron chi connectivity index (χ4n) is 6.40. The second-order valence-electron chi connectivity index (χ2n) is 12.1. The first-order valence-corrected chi connectivity index (χ1v) is 21.3. The van der Waals surface area contributed by atoms with E-state index in [1.807, 2.05) is 0 Å². The molecule has 0 saturated carbocycles. The highest BCUT2D eigenvalue weighted by atomic mass is 32.2. The highest BCUT2D eigenvalue weighted by molar-refractivity contribution is 7.91. The molecule has 0 radical (unpaired) electrons. The number of pyridine rings is 1. The summed E-state index contributed by atoms with van der Waals surface area (Å²) in [5.41, 5.74) is -3.62. The quantitative estimate of drug-likeness (QED) is 0.127. The summed E-state index contributed by atoms with van der Waals surface area (Å²) in [4.78, 5) is 36.8. The number of nitrogens with zero attached hydrogens (tertiary/aromatic N) is 1. The molecule has 56 heavy (non-hydrogen) atoms. The Morgan fingerprint density at radius 1 is 0.589 bits per heavy atom. The van der Waals surface area contributed by atoms with Crippen LogP contribution in [0.1, 0.15) is 26.3 Å². The number of benzene rings is 5. The van der Waals surface area contributed by atoms with Crippen molar-refractivity contribution in [2.24, 2.45) is 0 Å². The maximum absolute atomic E-state index is 14.8. The Balaban J connectivity index is 1.65. The summed E-state index contributed by atoms with van der Waals surface area (Å²) in [6, 6.07) is 18.1. The molecule has 0 bridgehead atoms. The number of aromatic carboxylic acids is 1. The third-order valence-electron chi connectivity index (χ3n) is 8.82. The van der Waals surface area contributed by atoms with Gasteiger partial charge in [-0.15, -0.1) is 0 Å². The van der Waals surface area contributed by atoms with Gasteiger partial charge in [-0.3, -0.25) is 27.8 Å². The SMILES string of the molecule is O=C(O)c1ccc(Nc2ccc3c4c2C(=O)c2ccccc2-c4c(S(=O)(=O)c2cccc(S(=O)(=O)O)c2)c(=O)n3-c2ccc(S(=O)(=O)O)cc2)c(S(=O)(=O)O)c1. The smallest absolute Gasteiger partial charge is 0.335 e. The number of nitrogens with one attached hydrogen (secondary N) is 1. The predicted molar refractivity (Wildman–Crippen MR) is 196 cm³/mol. The minimum absolute atomic E-state index is 0.0629. The minimum atomic E-state index is -5.15. The van der Waals surface area contributed by atoms with Gasteiger partial charge in [0, 0.05) is 22.2 Å². The lowest BCUT2D eigenvalue weighted by Crippen LogP contribution is -2.29. The van der Waals surface area contributed by atoms with E-state index in [0.29, 0.717) is 12.1 Å².